The number of rotatable bonds is 17. The Morgan fingerprint density at radius 1 is 0.593 bits per heavy atom. The third-order valence-corrected chi connectivity index (χ3v) is 5.94. The van der Waals surface area contributed by atoms with Crippen LogP contribution in [0.15, 0.2) is 12.4 Å². The molecule has 1 aromatic heterocycles. The Morgan fingerprint density at radius 2 is 1.00 bits per heavy atom. The first kappa shape index (κ1) is 24.3. The van der Waals surface area contributed by atoms with Crippen molar-refractivity contribution in [2.24, 2.45) is 0 Å². The van der Waals surface area contributed by atoms with Gasteiger partial charge in [-0.3, -0.25) is 0 Å². The van der Waals surface area contributed by atoms with Crippen molar-refractivity contribution in [3.8, 4) is 0 Å². The van der Waals surface area contributed by atoms with Crippen LogP contribution in [0.1, 0.15) is 142 Å². The number of aromatic nitrogens is 1. The third kappa shape index (κ3) is 12.4. The molecule has 0 unspecified atom stereocenters. The van der Waals surface area contributed by atoms with E-state index >= 15 is 0 Å². The average Bonchev–Trinajstić information content (AvgIpc) is 3.10. The van der Waals surface area contributed by atoms with Gasteiger partial charge in [-0.2, -0.15) is 0 Å². The van der Waals surface area contributed by atoms with Crippen LogP contribution in [0.4, 0.5) is 0 Å². The molecule has 0 spiro atoms. The SMILES string of the molecule is CCCCCCCCCCCCCCCCCCc1c[nH]cc1C(C)(C)C. The van der Waals surface area contributed by atoms with Crippen LogP contribution >= 0.6 is 0 Å². The lowest BCUT2D eigenvalue weighted by atomic mass is 9.85. The topological polar surface area (TPSA) is 15.8 Å². The monoisotopic (exact) mass is 375 g/mol. The highest BCUT2D eigenvalue weighted by atomic mass is 14.6. The summed E-state index contributed by atoms with van der Waals surface area (Å²) < 4.78 is 0. The van der Waals surface area contributed by atoms with Crippen molar-refractivity contribution >= 4 is 0 Å². The number of hydrogen-bond donors (Lipinski definition) is 1. The summed E-state index contributed by atoms with van der Waals surface area (Å²) >= 11 is 0. The van der Waals surface area contributed by atoms with Gasteiger partial charge in [-0.1, -0.05) is 124 Å². The maximum atomic E-state index is 3.31. The number of unbranched alkanes of at least 4 members (excludes halogenated alkanes) is 15. The molecule has 0 saturated heterocycles. The lowest BCUT2D eigenvalue weighted by Crippen LogP contribution is -2.12. The molecule has 1 heterocycles. The molecule has 0 fully saturated rings. The number of aromatic amines is 1. The molecule has 0 aliphatic carbocycles. The van der Waals surface area contributed by atoms with Crippen LogP contribution in [0.2, 0.25) is 0 Å². The molecule has 0 atom stereocenters. The summed E-state index contributed by atoms with van der Waals surface area (Å²) in [5.74, 6) is 0. The van der Waals surface area contributed by atoms with Gasteiger partial charge in [0.25, 0.3) is 0 Å². The Balaban J connectivity index is 1.84. The molecule has 158 valence electrons. The minimum atomic E-state index is 0.268. The minimum Gasteiger partial charge on any atom is -0.367 e. The van der Waals surface area contributed by atoms with Gasteiger partial charge < -0.3 is 4.98 Å². The van der Waals surface area contributed by atoms with Crippen LogP contribution in [-0.4, -0.2) is 4.98 Å². The highest BCUT2D eigenvalue weighted by molar-refractivity contribution is 5.29. The van der Waals surface area contributed by atoms with E-state index in [1.165, 1.54) is 120 Å². The summed E-state index contributed by atoms with van der Waals surface area (Å²) in [6.07, 6.45) is 28.7. The van der Waals surface area contributed by atoms with Crippen molar-refractivity contribution in [2.75, 3.05) is 0 Å². The summed E-state index contributed by atoms with van der Waals surface area (Å²) in [6, 6.07) is 0. The second-order valence-corrected chi connectivity index (χ2v) is 9.70. The van der Waals surface area contributed by atoms with Crippen LogP contribution in [-0.2, 0) is 11.8 Å². The molecule has 0 radical (unpaired) electrons. The standard InChI is InChI=1S/C26H49N/c1-5-6-7-8-9-10-11-12-13-14-15-16-17-18-19-20-21-24-22-27-23-25(24)26(2,3)4/h22-23,27H,5-21H2,1-4H3. The fourth-order valence-electron chi connectivity index (χ4n) is 4.16. The zero-order chi connectivity index (χ0) is 19.8. The average molecular weight is 376 g/mol. The first-order valence-corrected chi connectivity index (χ1v) is 12.2. The number of aryl methyl sites for hydroxylation is 1. The van der Waals surface area contributed by atoms with E-state index in [1.54, 1.807) is 0 Å². The normalized spacial score (nSPS) is 12.0. The molecule has 1 heteroatoms. The van der Waals surface area contributed by atoms with Crippen LogP contribution in [0.3, 0.4) is 0 Å². The molecule has 1 aromatic rings. The van der Waals surface area contributed by atoms with Crippen molar-refractivity contribution in [2.45, 2.75) is 142 Å². The maximum Gasteiger partial charge on any atom is 0.00455 e. The van der Waals surface area contributed by atoms with Gasteiger partial charge in [0.05, 0.1) is 0 Å². The summed E-state index contributed by atoms with van der Waals surface area (Å²) in [5, 5.41) is 0. The fraction of sp³-hybridized carbons (Fsp3) is 0.846. The molecule has 0 amide bonds. The lowest BCUT2D eigenvalue weighted by molar-refractivity contribution is 0.528. The molecule has 0 saturated carbocycles. The third-order valence-electron chi connectivity index (χ3n) is 5.94. The first-order valence-electron chi connectivity index (χ1n) is 12.2. The Bertz CT molecular complexity index is 437. The van der Waals surface area contributed by atoms with E-state index in [2.05, 4.69) is 45.1 Å². The van der Waals surface area contributed by atoms with E-state index in [0.29, 0.717) is 0 Å². The number of H-pyrrole nitrogens is 1. The largest absolute Gasteiger partial charge is 0.367 e. The fourth-order valence-corrected chi connectivity index (χ4v) is 4.16. The Morgan fingerprint density at radius 3 is 1.41 bits per heavy atom. The van der Waals surface area contributed by atoms with Crippen molar-refractivity contribution in [1.29, 1.82) is 0 Å². The highest BCUT2D eigenvalue weighted by Crippen LogP contribution is 2.26. The zero-order valence-electron chi connectivity index (χ0n) is 19.2. The van der Waals surface area contributed by atoms with E-state index in [1.807, 2.05) is 0 Å². The van der Waals surface area contributed by atoms with E-state index in [0.717, 1.165) is 0 Å². The van der Waals surface area contributed by atoms with E-state index in [4.69, 9.17) is 0 Å². The number of hydrogen-bond acceptors (Lipinski definition) is 0. The molecular weight excluding hydrogens is 326 g/mol. The van der Waals surface area contributed by atoms with Gasteiger partial charge in [0.2, 0.25) is 0 Å². The molecule has 0 bridgehead atoms. The predicted octanol–water partition coefficient (Wildman–Crippen LogP) is 9.12. The van der Waals surface area contributed by atoms with E-state index in [9.17, 15) is 0 Å². The van der Waals surface area contributed by atoms with Crippen molar-refractivity contribution in [1.82, 2.24) is 4.98 Å². The predicted molar refractivity (Wildman–Crippen MR) is 123 cm³/mol. The van der Waals surface area contributed by atoms with Gasteiger partial charge >= 0.3 is 0 Å². The van der Waals surface area contributed by atoms with Crippen molar-refractivity contribution < 1.29 is 0 Å². The molecule has 1 N–H and O–H groups in total. The van der Waals surface area contributed by atoms with E-state index in [-0.39, 0.29) is 5.41 Å². The van der Waals surface area contributed by atoms with Crippen molar-refractivity contribution in [3.63, 3.8) is 0 Å². The summed E-state index contributed by atoms with van der Waals surface area (Å²) in [5.41, 5.74) is 3.31. The van der Waals surface area contributed by atoms with Gasteiger partial charge in [-0.15, -0.1) is 0 Å². The lowest BCUT2D eigenvalue weighted by Gasteiger charge is -2.19. The van der Waals surface area contributed by atoms with Gasteiger partial charge in [-0.05, 0) is 29.4 Å². The molecular formula is C26H49N. The molecule has 0 aliphatic heterocycles. The molecule has 27 heavy (non-hydrogen) atoms. The highest BCUT2D eigenvalue weighted by Gasteiger charge is 2.18. The molecule has 1 rings (SSSR count). The van der Waals surface area contributed by atoms with Crippen LogP contribution in [0.25, 0.3) is 0 Å². The second-order valence-electron chi connectivity index (χ2n) is 9.70. The van der Waals surface area contributed by atoms with Crippen LogP contribution in [0, 0.1) is 0 Å². The van der Waals surface area contributed by atoms with E-state index < -0.39 is 0 Å². The van der Waals surface area contributed by atoms with Crippen molar-refractivity contribution in [3.05, 3.63) is 23.5 Å². The van der Waals surface area contributed by atoms with Crippen LogP contribution < -0.4 is 0 Å². The molecule has 1 nitrogen and oxygen atoms in total. The first-order chi connectivity index (χ1) is 13.1. The zero-order valence-corrected chi connectivity index (χ0v) is 19.2. The number of nitrogens with one attached hydrogen (secondary N) is 1. The van der Waals surface area contributed by atoms with Gasteiger partial charge in [0.1, 0.15) is 0 Å². The summed E-state index contributed by atoms with van der Waals surface area (Å²) in [4.78, 5) is 3.31. The van der Waals surface area contributed by atoms with Gasteiger partial charge in [0.15, 0.2) is 0 Å². The molecule has 0 aliphatic rings. The Hall–Kier alpha value is -0.720. The quantitative estimate of drug-likeness (QED) is 0.261. The second kappa shape index (κ2) is 15.2. The smallest absolute Gasteiger partial charge is 0.00455 e. The van der Waals surface area contributed by atoms with Gasteiger partial charge in [0, 0.05) is 12.4 Å². The minimum absolute atomic E-state index is 0.268. The maximum absolute atomic E-state index is 3.31. The van der Waals surface area contributed by atoms with Crippen LogP contribution in [0.5, 0.6) is 0 Å². The van der Waals surface area contributed by atoms with Gasteiger partial charge in [-0.25, -0.2) is 0 Å². The summed E-state index contributed by atoms with van der Waals surface area (Å²) in [7, 11) is 0. The molecule has 0 aromatic carbocycles. The Labute approximate surface area is 171 Å². The Kier molecular flexibility index (Phi) is 13.7. The summed E-state index contributed by atoms with van der Waals surface area (Å²) in [6.45, 7) is 9.24.